The van der Waals surface area contributed by atoms with E-state index in [1.54, 1.807) is 0 Å². The maximum Gasteiger partial charge on any atom is 0.0107 e. The Morgan fingerprint density at radius 1 is 1.10 bits per heavy atom. The fourth-order valence-corrected chi connectivity index (χ4v) is 4.81. The summed E-state index contributed by atoms with van der Waals surface area (Å²) in [5.41, 5.74) is 4.30. The summed E-state index contributed by atoms with van der Waals surface area (Å²) in [5.74, 6) is 3.12. The van der Waals surface area contributed by atoms with Gasteiger partial charge in [0.05, 0.1) is 0 Å². The van der Waals surface area contributed by atoms with Crippen molar-refractivity contribution in [2.75, 3.05) is 7.05 Å². The Morgan fingerprint density at radius 2 is 1.85 bits per heavy atom. The smallest absolute Gasteiger partial charge is 0.0107 e. The molecule has 1 aromatic carbocycles. The van der Waals surface area contributed by atoms with Crippen LogP contribution in [0.5, 0.6) is 0 Å². The van der Waals surface area contributed by atoms with Crippen molar-refractivity contribution in [2.45, 2.75) is 58.4 Å². The van der Waals surface area contributed by atoms with Crippen molar-refractivity contribution in [3.8, 4) is 0 Å². The minimum atomic E-state index is 0.653. The zero-order valence-electron chi connectivity index (χ0n) is 13.3. The molecule has 110 valence electrons. The maximum atomic E-state index is 3.58. The summed E-state index contributed by atoms with van der Waals surface area (Å²) in [4.78, 5) is 0. The highest BCUT2D eigenvalue weighted by molar-refractivity contribution is 5.29. The van der Waals surface area contributed by atoms with Crippen LogP contribution >= 0.6 is 0 Å². The Hall–Kier alpha value is -0.820. The molecule has 0 aliphatic heterocycles. The minimum Gasteiger partial charge on any atom is -0.317 e. The molecule has 2 aliphatic rings. The Bertz CT molecular complexity index is 445. The van der Waals surface area contributed by atoms with Crippen LogP contribution in [-0.2, 0) is 6.42 Å². The largest absolute Gasteiger partial charge is 0.317 e. The highest BCUT2D eigenvalue weighted by atomic mass is 14.9. The second-order valence-corrected chi connectivity index (χ2v) is 7.36. The predicted molar refractivity (Wildman–Crippen MR) is 86.0 cm³/mol. The minimum absolute atomic E-state index is 0.653. The van der Waals surface area contributed by atoms with Gasteiger partial charge in [0, 0.05) is 6.04 Å². The van der Waals surface area contributed by atoms with Gasteiger partial charge in [-0.25, -0.2) is 0 Å². The summed E-state index contributed by atoms with van der Waals surface area (Å²) >= 11 is 0. The average Bonchev–Trinajstić information content (AvgIpc) is 2.99. The van der Waals surface area contributed by atoms with Crippen LogP contribution in [0.2, 0.25) is 0 Å². The lowest BCUT2D eigenvalue weighted by molar-refractivity contribution is 0.281. The quantitative estimate of drug-likeness (QED) is 0.843. The van der Waals surface area contributed by atoms with Gasteiger partial charge in [-0.2, -0.15) is 0 Å². The Balaban J connectivity index is 1.62. The second kappa shape index (κ2) is 5.89. The van der Waals surface area contributed by atoms with Crippen molar-refractivity contribution in [1.29, 1.82) is 0 Å². The van der Waals surface area contributed by atoms with Crippen LogP contribution in [0.4, 0.5) is 0 Å². The highest BCUT2D eigenvalue weighted by Crippen LogP contribution is 2.49. The lowest BCUT2D eigenvalue weighted by Crippen LogP contribution is -2.31. The van der Waals surface area contributed by atoms with Gasteiger partial charge in [-0.1, -0.05) is 35.7 Å². The standard InChI is InChI=1S/C19H29N/c1-13-6-14(2)8-16(7-13)11-19(20-3)12-18-10-15-4-5-17(18)9-15/h6-8,15,17-20H,4-5,9-12H2,1-3H3. The molecule has 1 nitrogen and oxygen atoms in total. The highest BCUT2D eigenvalue weighted by Gasteiger charge is 2.39. The lowest BCUT2D eigenvalue weighted by atomic mass is 9.83. The first-order chi connectivity index (χ1) is 9.64. The molecule has 2 aliphatic carbocycles. The number of hydrogen-bond donors (Lipinski definition) is 1. The summed E-state index contributed by atoms with van der Waals surface area (Å²) in [6, 6.07) is 7.64. The lowest BCUT2D eigenvalue weighted by Gasteiger charge is -2.26. The Morgan fingerprint density at radius 3 is 2.40 bits per heavy atom. The van der Waals surface area contributed by atoms with Crippen molar-refractivity contribution in [3.05, 3.63) is 34.9 Å². The third-order valence-corrected chi connectivity index (χ3v) is 5.64. The van der Waals surface area contributed by atoms with E-state index in [2.05, 4.69) is 44.4 Å². The second-order valence-electron chi connectivity index (χ2n) is 7.36. The summed E-state index contributed by atoms with van der Waals surface area (Å²) in [6.45, 7) is 4.42. The van der Waals surface area contributed by atoms with Gasteiger partial charge in [-0.05, 0) is 76.3 Å². The molecule has 0 spiro atoms. The fourth-order valence-electron chi connectivity index (χ4n) is 4.81. The van der Waals surface area contributed by atoms with E-state index in [1.165, 1.54) is 55.2 Å². The molecular weight excluding hydrogens is 242 g/mol. The van der Waals surface area contributed by atoms with Gasteiger partial charge in [-0.15, -0.1) is 0 Å². The molecule has 1 N–H and O–H groups in total. The molecular formula is C19H29N. The van der Waals surface area contributed by atoms with E-state index in [-0.39, 0.29) is 0 Å². The van der Waals surface area contributed by atoms with Gasteiger partial charge in [-0.3, -0.25) is 0 Å². The van der Waals surface area contributed by atoms with Crippen LogP contribution < -0.4 is 5.32 Å². The van der Waals surface area contributed by atoms with E-state index in [0.29, 0.717) is 6.04 Å². The molecule has 20 heavy (non-hydrogen) atoms. The molecule has 1 heteroatoms. The van der Waals surface area contributed by atoms with Crippen molar-refractivity contribution in [2.24, 2.45) is 17.8 Å². The maximum absolute atomic E-state index is 3.58. The zero-order chi connectivity index (χ0) is 14.1. The number of fused-ring (bicyclic) bond motifs is 2. The first kappa shape index (κ1) is 14.1. The number of nitrogens with one attached hydrogen (secondary N) is 1. The number of rotatable bonds is 5. The van der Waals surface area contributed by atoms with Crippen molar-refractivity contribution >= 4 is 0 Å². The molecule has 2 saturated carbocycles. The van der Waals surface area contributed by atoms with Crippen molar-refractivity contribution in [3.63, 3.8) is 0 Å². The number of hydrogen-bond acceptors (Lipinski definition) is 1. The van der Waals surface area contributed by atoms with Gasteiger partial charge in [0.1, 0.15) is 0 Å². The van der Waals surface area contributed by atoms with Crippen molar-refractivity contribution < 1.29 is 0 Å². The summed E-state index contributed by atoms with van der Waals surface area (Å²) < 4.78 is 0. The van der Waals surface area contributed by atoms with Gasteiger partial charge >= 0.3 is 0 Å². The van der Waals surface area contributed by atoms with E-state index in [9.17, 15) is 0 Å². The molecule has 1 aromatic rings. The van der Waals surface area contributed by atoms with Crippen LogP contribution in [0.15, 0.2) is 18.2 Å². The number of likely N-dealkylation sites (N-methyl/N-ethyl adjacent to an activating group) is 1. The molecule has 0 radical (unpaired) electrons. The van der Waals surface area contributed by atoms with E-state index < -0.39 is 0 Å². The van der Waals surface area contributed by atoms with Crippen LogP contribution in [0.25, 0.3) is 0 Å². The molecule has 3 rings (SSSR count). The molecule has 0 aromatic heterocycles. The summed E-state index contributed by atoms with van der Waals surface area (Å²) in [7, 11) is 2.14. The average molecular weight is 271 g/mol. The Labute approximate surface area is 124 Å². The zero-order valence-corrected chi connectivity index (χ0v) is 13.3. The number of benzene rings is 1. The molecule has 4 atom stereocenters. The van der Waals surface area contributed by atoms with Gasteiger partial charge in [0.25, 0.3) is 0 Å². The van der Waals surface area contributed by atoms with Gasteiger partial charge in [0.15, 0.2) is 0 Å². The normalized spacial score (nSPS) is 29.9. The topological polar surface area (TPSA) is 12.0 Å². The van der Waals surface area contributed by atoms with Crippen LogP contribution in [0.3, 0.4) is 0 Å². The predicted octanol–water partition coefficient (Wildman–Crippen LogP) is 4.26. The SMILES string of the molecule is CNC(Cc1cc(C)cc(C)c1)CC1CC2CCC1C2. The molecule has 0 saturated heterocycles. The van der Waals surface area contributed by atoms with E-state index in [0.717, 1.165) is 17.8 Å². The summed E-state index contributed by atoms with van der Waals surface area (Å²) in [5, 5.41) is 3.58. The van der Waals surface area contributed by atoms with Crippen LogP contribution in [-0.4, -0.2) is 13.1 Å². The molecule has 4 unspecified atom stereocenters. The first-order valence-corrected chi connectivity index (χ1v) is 8.38. The summed E-state index contributed by atoms with van der Waals surface area (Å²) in [6.07, 6.45) is 8.63. The van der Waals surface area contributed by atoms with Gasteiger partial charge < -0.3 is 5.32 Å². The third kappa shape index (κ3) is 3.09. The van der Waals surface area contributed by atoms with Crippen molar-refractivity contribution in [1.82, 2.24) is 5.32 Å². The van der Waals surface area contributed by atoms with E-state index in [4.69, 9.17) is 0 Å². The van der Waals surface area contributed by atoms with Gasteiger partial charge in [0.2, 0.25) is 0 Å². The number of aryl methyl sites for hydroxylation is 2. The first-order valence-electron chi connectivity index (χ1n) is 8.38. The van der Waals surface area contributed by atoms with Crippen LogP contribution in [0, 0.1) is 31.6 Å². The molecule has 0 heterocycles. The van der Waals surface area contributed by atoms with E-state index >= 15 is 0 Å². The third-order valence-electron chi connectivity index (χ3n) is 5.64. The molecule has 0 amide bonds. The van der Waals surface area contributed by atoms with E-state index in [1.807, 2.05) is 0 Å². The molecule has 2 fully saturated rings. The fraction of sp³-hybridized carbons (Fsp3) is 0.684. The molecule has 2 bridgehead atoms. The Kier molecular flexibility index (Phi) is 4.16. The monoisotopic (exact) mass is 271 g/mol. The van der Waals surface area contributed by atoms with Crippen LogP contribution in [0.1, 0.15) is 48.8 Å².